The predicted molar refractivity (Wildman–Crippen MR) is 105 cm³/mol. The van der Waals surface area contributed by atoms with Gasteiger partial charge in [-0.15, -0.1) is 5.10 Å². The molecule has 0 saturated heterocycles. The van der Waals surface area contributed by atoms with E-state index in [1.165, 1.54) is 48.5 Å². The van der Waals surface area contributed by atoms with Crippen LogP contribution in [0.25, 0.3) is 5.69 Å². The third-order valence-electron chi connectivity index (χ3n) is 3.96. The highest BCUT2D eigenvalue weighted by atomic mass is 35.5. The number of halogens is 3. The summed E-state index contributed by atoms with van der Waals surface area (Å²) in [5, 5.41) is 6.71. The third kappa shape index (κ3) is 4.97. The van der Waals surface area contributed by atoms with Gasteiger partial charge in [0, 0.05) is 12.1 Å². The summed E-state index contributed by atoms with van der Waals surface area (Å²) in [6.45, 7) is 1.73. The van der Waals surface area contributed by atoms with Gasteiger partial charge in [0.1, 0.15) is 11.6 Å². The van der Waals surface area contributed by atoms with Crippen LogP contribution in [0.4, 0.5) is 14.5 Å². The topological polar surface area (TPSA) is 73.2 Å². The normalized spacial score (nSPS) is 11.7. The van der Waals surface area contributed by atoms with Gasteiger partial charge >= 0.3 is 0 Å². The summed E-state index contributed by atoms with van der Waals surface area (Å²) >= 11 is 5.93. The number of ether oxygens (including phenoxy) is 1. The van der Waals surface area contributed by atoms with Crippen molar-refractivity contribution >= 4 is 23.2 Å². The Bertz CT molecular complexity index is 1090. The smallest absolute Gasteiger partial charge is 0.271 e. The third-order valence-corrected chi connectivity index (χ3v) is 4.27. The lowest BCUT2D eigenvalue weighted by atomic mass is 10.2. The number of amides is 1. The molecule has 150 valence electrons. The van der Waals surface area contributed by atoms with Crippen molar-refractivity contribution in [1.82, 2.24) is 9.78 Å². The molecule has 1 heterocycles. The maximum absolute atomic E-state index is 13.2. The summed E-state index contributed by atoms with van der Waals surface area (Å²) in [7, 11) is 0. The van der Waals surface area contributed by atoms with E-state index in [2.05, 4.69) is 10.4 Å². The van der Waals surface area contributed by atoms with Gasteiger partial charge in [-0.25, -0.2) is 8.78 Å². The lowest BCUT2D eigenvalue weighted by Gasteiger charge is -2.17. The second kappa shape index (κ2) is 8.83. The lowest BCUT2D eigenvalue weighted by Crippen LogP contribution is -2.33. The summed E-state index contributed by atoms with van der Waals surface area (Å²) < 4.78 is 32.9. The lowest BCUT2D eigenvalue weighted by molar-refractivity contribution is -0.123. The number of anilines is 1. The Kier molecular flexibility index (Phi) is 6.23. The van der Waals surface area contributed by atoms with Crippen molar-refractivity contribution in [3.63, 3.8) is 0 Å². The van der Waals surface area contributed by atoms with E-state index in [-0.39, 0.29) is 16.6 Å². The fourth-order valence-corrected chi connectivity index (χ4v) is 2.71. The Hall–Kier alpha value is -3.26. The molecule has 0 fully saturated rings. The SMILES string of the molecule is CC[C@H](Oc1ccc(=O)n(-c2ccc(F)cc2)n1)C(=O)Nc1ccc(F)cc1Cl. The number of hydrogen-bond acceptors (Lipinski definition) is 4. The largest absolute Gasteiger partial charge is 0.463 e. The van der Waals surface area contributed by atoms with Gasteiger partial charge in [0.2, 0.25) is 5.88 Å². The van der Waals surface area contributed by atoms with Crippen molar-refractivity contribution in [2.24, 2.45) is 0 Å². The number of carbonyl (C=O) groups is 1. The molecule has 1 amide bonds. The second-order valence-corrected chi connectivity index (χ2v) is 6.43. The number of nitrogens with one attached hydrogen (secondary N) is 1. The van der Waals surface area contributed by atoms with Crippen LogP contribution in [0.3, 0.4) is 0 Å². The fourth-order valence-electron chi connectivity index (χ4n) is 2.50. The molecule has 0 saturated carbocycles. The molecule has 0 bridgehead atoms. The second-order valence-electron chi connectivity index (χ2n) is 6.03. The molecule has 0 aliphatic rings. The molecule has 29 heavy (non-hydrogen) atoms. The van der Waals surface area contributed by atoms with Crippen LogP contribution in [-0.4, -0.2) is 21.8 Å². The van der Waals surface area contributed by atoms with E-state index in [0.29, 0.717) is 12.1 Å². The van der Waals surface area contributed by atoms with Gasteiger partial charge in [-0.2, -0.15) is 4.68 Å². The first-order chi connectivity index (χ1) is 13.9. The average Bonchev–Trinajstić information content (AvgIpc) is 2.70. The number of hydrogen-bond donors (Lipinski definition) is 1. The highest BCUT2D eigenvalue weighted by Crippen LogP contribution is 2.23. The van der Waals surface area contributed by atoms with Crippen LogP contribution in [0.5, 0.6) is 5.88 Å². The van der Waals surface area contributed by atoms with E-state index in [1.807, 2.05) is 0 Å². The van der Waals surface area contributed by atoms with E-state index < -0.39 is 29.2 Å². The molecule has 0 aliphatic heterocycles. The zero-order valence-corrected chi connectivity index (χ0v) is 16.0. The standard InChI is InChI=1S/C20H16ClF2N3O3/c1-2-17(20(28)24-16-8-5-13(23)11-15(16)21)29-18-9-10-19(27)26(25-18)14-6-3-12(22)4-7-14/h3-11,17H,2H2,1H3,(H,24,28)/t17-/m0/s1. The number of aromatic nitrogens is 2. The van der Waals surface area contributed by atoms with Crippen molar-refractivity contribution in [2.75, 3.05) is 5.32 Å². The molecule has 0 aliphatic carbocycles. The first-order valence-electron chi connectivity index (χ1n) is 8.66. The maximum Gasteiger partial charge on any atom is 0.271 e. The molecular formula is C20H16ClF2N3O3. The number of carbonyl (C=O) groups excluding carboxylic acids is 1. The quantitative estimate of drug-likeness (QED) is 0.656. The summed E-state index contributed by atoms with van der Waals surface area (Å²) in [6.07, 6.45) is -0.648. The van der Waals surface area contributed by atoms with Crippen LogP contribution in [0.2, 0.25) is 5.02 Å². The first kappa shape index (κ1) is 20.5. The molecule has 1 atom stereocenters. The van der Waals surface area contributed by atoms with Gasteiger partial charge in [0.25, 0.3) is 11.5 Å². The van der Waals surface area contributed by atoms with Crippen LogP contribution in [0, 0.1) is 11.6 Å². The minimum absolute atomic E-state index is 0.0288. The Labute approximate surface area is 169 Å². The maximum atomic E-state index is 13.2. The molecule has 3 aromatic rings. The van der Waals surface area contributed by atoms with Gasteiger partial charge in [0.15, 0.2) is 6.10 Å². The van der Waals surface area contributed by atoms with Gasteiger partial charge < -0.3 is 10.1 Å². The monoisotopic (exact) mass is 419 g/mol. The minimum Gasteiger partial charge on any atom is -0.463 e. The van der Waals surface area contributed by atoms with Crippen molar-refractivity contribution in [1.29, 1.82) is 0 Å². The van der Waals surface area contributed by atoms with Gasteiger partial charge in [-0.1, -0.05) is 18.5 Å². The van der Waals surface area contributed by atoms with Crippen molar-refractivity contribution < 1.29 is 18.3 Å². The fraction of sp³-hybridized carbons (Fsp3) is 0.150. The summed E-state index contributed by atoms with van der Waals surface area (Å²) in [6, 6.07) is 11.4. The predicted octanol–water partition coefficient (Wildman–Crippen LogP) is 3.96. The first-order valence-corrected chi connectivity index (χ1v) is 9.04. The minimum atomic E-state index is -0.942. The molecule has 0 unspecified atom stereocenters. The molecule has 0 spiro atoms. The molecule has 2 aromatic carbocycles. The zero-order chi connectivity index (χ0) is 21.0. The molecule has 0 radical (unpaired) electrons. The Balaban J connectivity index is 1.79. The van der Waals surface area contributed by atoms with E-state index >= 15 is 0 Å². The zero-order valence-electron chi connectivity index (χ0n) is 15.2. The van der Waals surface area contributed by atoms with Crippen LogP contribution in [0.15, 0.2) is 59.4 Å². The summed E-state index contributed by atoms with van der Waals surface area (Å²) in [5.41, 5.74) is 0.140. The van der Waals surface area contributed by atoms with Crippen LogP contribution in [0.1, 0.15) is 13.3 Å². The van der Waals surface area contributed by atoms with E-state index in [4.69, 9.17) is 16.3 Å². The highest BCUT2D eigenvalue weighted by Gasteiger charge is 2.21. The van der Waals surface area contributed by atoms with Crippen molar-refractivity contribution in [2.45, 2.75) is 19.4 Å². The van der Waals surface area contributed by atoms with Crippen LogP contribution < -0.4 is 15.6 Å². The highest BCUT2D eigenvalue weighted by molar-refractivity contribution is 6.33. The van der Waals surface area contributed by atoms with Crippen molar-refractivity contribution in [3.8, 4) is 11.6 Å². The Morgan fingerprint density at radius 1 is 1.14 bits per heavy atom. The average molecular weight is 420 g/mol. The Morgan fingerprint density at radius 2 is 1.83 bits per heavy atom. The molecule has 6 nitrogen and oxygen atoms in total. The number of nitrogens with zero attached hydrogens (tertiary/aromatic N) is 2. The number of rotatable bonds is 6. The number of benzene rings is 2. The molecular weight excluding hydrogens is 404 g/mol. The van der Waals surface area contributed by atoms with E-state index in [1.54, 1.807) is 6.92 Å². The van der Waals surface area contributed by atoms with E-state index in [9.17, 15) is 18.4 Å². The van der Waals surface area contributed by atoms with Gasteiger partial charge in [-0.3, -0.25) is 9.59 Å². The van der Waals surface area contributed by atoms with Crippen LogP contribution >= 0.6 is 11.6 Å². The van der Waals surface area contributed by atoms with E-state index in [0.717, 1.165) is 10.7 Å². The van der Waals surface area contributed by atoms with Gasteiger partial charge in [-0.05, 0) is 48.9 Å². The van der Waals surface area contributed by atoms with Crippen molar-refractivity contribution in [3.05, 3.63) is 81.6 Å². The molecule has 1 N–H and O–H groups in total. The Morgan fingerprint density at radius 3 is 2.48 bits per heavy atom. The van der Waals surface area contributed by atoms with Gasteiger partial charge in [0.05, 0.1) is 16.4 Å². The molecule has 3 rings (SSSR count). The summed E-state index contributed by atoms with van der Waals surface area (Å²) in [4.78, 5) is 24.6. The molecule has 9 heteroatoms. The summed E-state index contributed by atoms with van der Waals surface area (Å²) in [5.74, 6) is -1.46. The molecule has 1 aromatic heterocycles. The van der Waals surface area contributed by atoms with Crippen LogP contribution in [-0.2, 0) is 4.79 Å².